The van der Waals surface area contributed by atoms with E-state index < -0.39 is 12.3 Å². The first-order chi connectivity index (χ1) is 13.2. The number of aromatic nitrogens is 1. The number of carbonyl (C=O) groups is 1. The molecule has 2 heterocycles. The van der Waals surface area contributed by atoms with Gasteiger partial charge in [0.05, 0.1) is 23.4 Å². The van der Waals surface area contributed by atoms with Crippen molar-refractivity contribution in [3.8, 4) is 16.9 Å². The first-order valence-corrected chi connectivity index (χ1v) is 8.77. The molecule has 0 saturated carbocycles. The van der Waals surface area contributed by atoms with E-state index in [1.807, 2.05) is 6.92 Å². The van der Waals surface area contributed by atoms with Crippen molar-refractivity contribution in [1.29, 1.82) is 0 Å². The average molecular weight is 408 g/mol. The van der Waals surface area contributed by atoms with E-state index in [1.165, 1.54) is 18.2 Å². The molecule has 2 aromatic carbocycles. The van der Waals surface area contributed by atoms with Gasteiger partial charge in [-0.25, -0.2) is 4.79 Å². The van der Waals surface area contributed by atoms with E-state index in [2.05, 4.69) is 9.72 Å². The Kier molecular flexibility index (Phi) is 4.42. The van der Waals surface area contributed by atoms with Crippen LogP contribution in [-0.2, 0) is 4.74 Å². The van der Waals surface area contributed by atoms with Crippen LogP contribution in [0.15, 0.2) is 42.5 Å². The first kappa shape index (κ1) is 18.6. The molecule has 0 saturated heterocycles. The lowest BCUT2D eigenvalue weighted by molar-refractivity contribution is -0.274. The zero-order chi connectivity index (χ0) is 20.1. The topological polar surface area (TPSA) is 48.4 Å². The fourth-order valence-corrected chi connectivity index (χ4v) is 3.49. The first-order valence-electron chi connectivity index (χ1n) is 8.39. The summed E-state index contributed by atoms with van der Waals surface area (Å²) in [6.45, 7) is 2.06. The molecule has 1 atom stereocenters. The van der Waals surface area contributed by atoms with E-state index in [4.69, 9.17) is 16.3 Å². The molecule has 0 radical (unpaired) electrons. The minimum absolute atomic E-state index is 0.152. The summed E-state index contributed by atoms with van der Waals surface area (Å²) in [5.41, 5.74) is 2.16. The monoisotopic (exact) mass is 407 g/mol. The van der Waals surface area contributed by atoms with E-state index in [-0.39, 0.29) is 23.8 Å². The Bertz CT molecular complexity index is 1100. The molecule has 0 N–H and O–H groups in total. The van der Waals surface area contributed by atoms with Crippen molar-refractivity contribution in [2.24, 2.45) is 0 Å². The van der Waals surface area contributed by atoms with Gasteiger partial charge in [0.2, 0.25) is 0 Å². The van der Waals surface area contributed by atoms with Crippen LogP contribution in [0.1, 0.15) is 28.9 Å². The zero-order valence-corrected chi connectivity index (χ0v) is 15.3. The summed E-state index contributed by atoms with van der Waals surface area (Å²) in [6.07, 6.45) is -4.82. The molecule has 1 aliphatic heterocycles. The molecule has 0 fully saturated rings. The number of pyridine rings is 1. The molecule has 4 nitrogen and oxygen atoms in total. The number of hydrogen-bond acceptors (Lipinski definition) is 4. The minimum atomic E-state index is -4.82. The van der Waals surface area contributed by atoms with Gasteiger partial charge in [-0.2, -0.15) is 0 Å². The molecule has 0 amide bonds. The van der Waals surface area contributed by atoms with Crippen LogP contribution in [0.25, 0.3) is 22.0 Å². The molecule has 144 valence electrons. The van der Waals surface area contributed by atoms with Crippen LogP contribution in [0, 0.1) is 0 Å². The Labute approximate surface area is 162 Å². The quantitative estimate of drug-likeness (QED) is 0.509. The van der Waals surface area contributed by atoms with Gasteiger partial charge in [0, 0.05) is 21.9 Å². The molecule has 0 spiro atoms. The van der Waals surface area contributed by atoms with Crippen LogP contribution >= 0.6 is 11.6 Å². The van der Waals surface area contributed by atoms with Gasteiger partial charge in [0.15, 0.2) is 0 Å². The van der Waals surface area contributed by atoms with E-state index in [1.54, 1.807) is 24.3 Å². The van der Waals surface area contributed by atoms with Crippen LogP contribution in [0.4, 0.5) is 13.2 Å². The number of esters is 1. The molecular formula is C20H13ClF3NO3. The van der Waals surface area contributed by atoms with Gasteiger partial charge in [-0.3, -0.25) is 4.98 Å². The number of fused-ring (bicyclic) bond motifs is 2. The highest BCUT2D eigenvalue weighted by Gasteiger charge is 2.33. The summed E-state index contributed by atoms with van der Waals surface area (Å²) in [7, 11) is 0. The SMILES string of the molecule is CC1COC(=O)c2c1nc1ccc(Cl)cc1c2-c1cccc(OC(F)(F)F)c1. The number of benzene rings is 2. The predicted molar refractivity (Wildman–Crippen MR) is 97.6 cm³/mol. The van der Waals surface area contributed by atoms with Gasteiger partial charge < -0.3 is 9.47 Å². The van der Waals surface area contributed by atoms with Gasteiger partial charge in [0.25, 0.3) is 0 Å². The highest BCUT2D eigenvalue weighted by molar-refractivity contribution is 6.31. The van der Waals surface area contributed by atoms with E-state index >= 15 is 0 Å². The molecule has 28 heavy (non-hydrogen) atoms. The second kappa shape index (κ2) is 6.67. The number of rotatable bonds is 2. The third-order valence-corrected chi connectivity index (χ3v) is 4.70. The molecule has 1 unspecified atom stereocenters. The van der Waals surface area contributed by atoms with Crippen LogP contribution in [-0.4, -0.2) is 23.9 Å². The zero-order valence-electron chi connectivity index (χ0n) is 14.5. The third kappa shape index (κ3) is 3.38. The summed E-state index contributed by atoms with van der Waals surface area (Å²) in [4.78, 5) is 17.1. The summed E-state index contributed by atoms with van der Waals surface area (Å²) >= 11 is 6.13. The Morgan fingerprint density at radius 2 is 1.96 bits per heavy atom. The second-order valence-electron chi connectivity index (χ2n) is 6.48. The fraction of sp³-hybridized carbons (Fsp3) is 0.200. The largest absolute Gasteiger partial charge is 0.573 e. The number of halogens is 4. The molecular weight excluding hydrogens is 395 g/mol. The van der Waals surface area contributed by atoms with Gasteiger partial charge in [-0.15, -0.1) is 13.2 Å². The molecule has 8 heteroatoms. The van der Waals surface area contributed by atoms with E-state index in [0.29, 0.717) is 32.7 Å². The summed E-state index contributed by atoms with van der Waals surface area (Å²) in [5, 5.41) is 0.955. The molecule has 0 aliphatic carbocycles. The van der Waals surface area contributed by atoms with Crippen molar-refractivity contribution in [1.82, 2.24) is 4.98 Å². The van der Waals surface area contributed by atoms with Gasteiger partial charge in [-0.05, 0) is 35.9 Å². The van der Waals surface area contributed by atoms with Crippen molar-refractivity contribution in [3.05, 3.63) is 58.7 Å². The highest BCUT2D eigenvalue weighted by atomic mass is 35.5. The summed E-state index contributed by atoms with van der Waals surface area (Å²) in [6, 6.07) is 10.5. The maximum atomic E-state index is 12.6. The smallest absolute Gasteiger partial charge is 0.461 e. The van der Waals surface area contributed by atoms with Gasteiger partial charge in [0.1, 0.15) is 5.75 Å². The lowest BCUT2D eigenvalue weighted by atomic mass is 9.89. The van der Waals surface area contributed by atoms with Crippen LogP contribution in [0.3, 0.4) is 0 Å². The number of nitrogens with zero attached hydrogens (tertiary/aromatic N) is 1. The predicted octanol–water partition coefficient (Wildman–Crippen LogP) is 5.73. The Morgan fingerprint density at radius 3 is 2.71 bits per heavy atom. The second-order valence-corrected chi connectivity index (χ2v) is 6.92. The average Bonchev–Trinajstić information content (AvgIpc) is 2.62. The minimum Gasteiger partial charge on any atom is -0.461 e. The molecule has 0 bridgehead atoms. The Balaban J connectivity index is 2.03. The third-order valence-electron chi connectivity index (χ3n) is 4.47. The molecule has 1 aliphatic rings. The number of hydrogen-bond donors (Lipinski definition) is 0. The van der Waals surface area contributed by atoms with Crippen LogP contribution in [0.2, 0.25) is 5.02 Å². The van der Waals surface area contributed by atoms with Crippen molar-refractivity contribution in [2.45, 2.75) is 19.2 Å². The fourth-order valence-electron chi connectivity index (χ4n) is 3.32. The van der Waals surface area contributed by atoms with E-state index in [9.17, 15) is 18.0 Å². The normalized spacial score (nSPS) is 16.6. The van der Waals surface area contributed by atoms with Gasteiger partial charge in [-0.1, -0.05) is 30.7 Å². The lowest BCUT2D eigenvalue weighted by Gasteiger charge is -2.24. The lowest BCUT2D eigenvalue weighted by Crippen LogP contribution is -2.23. The van der Waals surface area contributed by atoms with Gasteiger partial charge >= 0.3 is 12.3 Å². The summed E-state index contributed by atoms with van der Waals surface area (Å²) < 4.78 is 47.2. The Hall–Kier alpha value is -2.80. The Morgan fingerprint density at radius 1 is 1.18 bits per heavy atom. The van der Waals surface area contributed by atoms with Crippen LogP contribution in [0.5, 0.6) is 5.75 Å². The van der Waals surface area contributed by atoms with Crippen molar-refractivity contribution in [2.75, 3.05) is 6.61 Å². The van der Waals surface area contributed by atoms with Crippen LogP contribution < -0.4 is 4.74 Å². The molecule has 1 aromatic heterocycles. The van der Waals surface area contributed by atoms with E-state index in [0.717, 1.165) is 0 Å². The van der Waals surface area contributed by atoms with Crippen molar-refractivity contribution < 1.29 is 27.4 Å². The molecule has 4 rings (SSSR count). The maximum Gasteiger partial charge on any atom is 0.573 e. The standard InChI is InChI=1S/C20H13ClF3NO3/c1-10-9-27-19(26)17-16(11-3-2-4-13(7-11)28-20(22,23)24)14-8-12(21)5-6-15(14)25-18(10)17/h2-8,10H,9H2,1H3. The van der Waals surface area contributed by atoms with Crippen molar-refractivity contribution in [3.63, 3.8) is 0 Å². The number of ether oxygens (including phenoxy) is 2. The maximum absolute atomic E-state index is 12.6. The highest BCUT2D eigenvalue weighted by Crippen LogP contribution is 2.40. The van der Waals surface area contributed by atoms with Crippen molar-refractivity contribution >= 4 is 28.5 Å². The summed E-state index contributed by atoms with van der Waals surface area (Å²) in [5.74, 6) is -1.11. The number of alkyl halides is 3. The number of carbonyl (C=O) groups excluding carboxylic acids is 1. The number of cyclic esters (lactones) is 1. The molecule has 3 aromatic rings.